The zero-order valence-corrected chi connectivity index (χ0v) is 36.7. The molecule has 13 nitrogen and oxygen atoms in total. The lowest BCUT2D eigenvalue weighted by Crippen LogP contribution is -2.62. The molecule has 0 bridgehead atoms. The van der Waals surface area contributed by atoms with Crippen LogP contribution in [0.3, 0.4) is 0 Å². The topological polar surface area (TPSA) is 172 Å². The summed E-state index contributed by atoms with van der Waals surface area (Å²) in [5.41, 5.74) is -0.185. The molecule has 2 saturated heterocycles. The first-order valence-electron chi connectivity index (χ1n) is 21.5. The van der Waals surface area contributed by atoms with Crippen molar-refractivity contribution in [1.82, 2.24) is 25.1 Å². The first-order chi connectivity index (χ1) is 30.7. The van der Waals surface area contributed by atoms with Crippen molar-refractivity contribution in [3.8, 4) is 11.8 Å². The number of hydrogen-bond acceptors (Lipinski definition) is 7. The minimum absolute atomic E-state index is 0.00742. The van der Waals surface area contributed by atoms with Gasteiger partial charge in [-0.3, -0.25) is 43.7 Å². The molecule has 5 N–H and O–H groups in total. The monoisotopic (exact) mass is 905 g/mol. The number of nitrogens with zero attached hydrogens (tertiary/aromatic N) is 2. The number of amides is 5. The van der Waals surface area contributed by atoms with Crippen LogP contribution in [0, 0.1) is 23.2 Å². The average Bonchev–Trinajstić information content (AvgIpc) is 3.83. The highest BCUT2D eigenvalue weighted by Crippen LogP contribution is 2.65. The summed E-state index contributed by atoms with van der Waals surface area (Å²) in [7, 11) is 1.61. The van der Waals surface area contributed by atoms with Crippen LogP contribution in [0.25, 0.3) is 11.0 Å². The van der Waals surface area contributed by atoms with Gasteiger partial charge in [0.2, 0.25) is 23.6 Å². The van der Waals surface area contributed by atoms with Crippen LogP contribution >= 0.6 is 23.2 Å². The number of imidazole rings is 1. The zero-order valence-electron chi connectivity index (χ0n) is 35.2. The molecule has 3 aliphatic heterocycles. The summed E-state index contributed by atoms with van der Waals surface area (Å²) < 4.78 is 19.6. The van der Waals surface area contributed by atoms with Crippen molar-refractivity contribution in [3.05, 3.63) is 116 Å². The Hall–Kier alpha value is -6.01. The van der Waals surface area contributed by atoms with E-state index in [4.69, 9.17) is 23.2 Å². The number of benzene rings is 3. The molecule has 4 heterocycles. The Balaban J connectivity index is 0.896. The van der Waals surface area contributed by atoms with Crippen molar-refractivity contribution < 1.29 is 28.4 Å². The molecular weight excluding hydrogens is 860 g/mol. The third kappa shape index (κ3) is 6.96. The molecule has 2 aliphatic carbocycles. The van der Waals surface area contributed by atoms with E-state index >= 15 is 4.39 Å². The number of carbonyl (C=O) groups excluding carboxylic acids is 5. The number of fused-ring (bicyclic) bond motifs is 4. The number of carbonyl (C=O) groups is 5. The van der Waals surface area contributed by atoms with Crippen LogP contribution in [0.2, 0.25) is 5.02 Å². The lowest BCUT2D eigenvalue weighted by atomic mass is 9.50. The molecule has 3 aromatic carbocycles. The number of rotatable bonds is 7. The van der Waals surface area contributed by atoms with Crippen LogP contribution in [0.5, 0.6) is 0 Å². The molecule has 2 spiro atoms. The maximum atomic E-state index is 16.7. The van der Waals surface area contributed by atoms with Gasteiger partial charge in [0.25, 0.3) is 5.91 Å². The summed E-state index contributed by atoms with van der Waals surface area (Å²) in [4.78, 5) is 79.9. The van der Waals surface area contributed by atoms with Crippen LogP contribution in [-0.4, -0.2) is 63.0 Å². The van der Waals surface area contributed by atoms with E-state index in [-0.39, 0.29) is 47.8 Å². The number of halogens is 3. The lowest BCUT2D eigenvalue weighted by Gasteiger charge is -2.51. The van der Waals surface area contributed by atoms with E-state index in [0.717, 1.165) is 19.3 Å². The smallest absolute Gasteiger partial charge is 0.329 e. The number of aromatic nitrogens is 2. The van der Waals surface area contributed by atoms with Gasteiger partial charge in [0.1, 0.15) is 17.6 Å². The normalized spacial score (nSPS) is 26.8. The fourth-order valence-electron chi connectivity index (χ4n) is 11.0. The van der Waals surface area contributed by atoms with Gasteiger partial charge in [0.15, 0.2) is 0 Å². The maximum absolute atomic E-state index is 16.7. The minimum Gasteiger partial charge on any atom is -0.351 e. The third-order valence-electron chi connectivity index (χ3n) is 14.0. The van der Waals surface area contributed by atoms with E-state index in [9.17, 15) is 28.8 Å². The maximum Gasteiger partial charge on any atom is 0.329 e. The highest BCUT2D eigenvalue weighted by atomic mass is 35.5. The molecular formula is C48H46Cl2FN7O6. The van der Waals surface area contributed by atoms with E-state index in [1.807, 2.05) is 6.07 Å². The fraction of sp³-hybridized carbons (Fsp3) is 0.375. The van der Waals surface area contributed by atoms with Crippen molar-refractivity contribution in [2.24, 2.45) is 18.4 Å². The Bertz CT molecular complexity index is 2840. The van der Waals surface area contributed by atoms with Gasteiger partial charge in [-0.25, -0.2) is 9.18 Å². The number of allylic oxidation sites excluding steroid dienone is 4. The summed E-state index contributed by atoms with van der Waals surface area (Å²) in [5, 5.41) is 15.3. The van der Waals surface area contributed by atoms with Crippen molar-refractivity contribution in [1.29, 1.82) is 0 Å². The number of imide groups is 1. The SMILES string of the molecule is Cn1c(=O)n(C2CCC(=O)NC2=O)c2ccc(C#CCCNC(=O)c3ccc(NC(=O)[C@@H]4NC5(CCCCC5)[C@@]5(C(=O)Nc6cc(Cl)ccc65)[C@H]4C4(C)C=CC=C(Cl)C4F)cc3)cc21. The van der Waals surface area contributed by atoms with E-state index in [0.29, 0.717) is 63.4 Å². The molecule has 9 rings (SSSR count). The van der Waals surface area contributed by atoms with Gasteiger partial charge in [-0.15, -0.1) is 0 Å². The lowest BCUT2D eigenvalue weighted by molar-refractivity contribution is -0.136. The summed E-state index contributed by atoms with van der Waals surface area (Å²) in [6, 6.07) is 15.1. The van der Waals surface area contributed by atoms with Crippen molar-refractivity contribution in [3.63, 3.8) is 0 Å². The van der Waals surface area contributed by atoms with E-state index < -0.39 is 52.4 Å². The Morgan fingerprint density at radius 2 is 1.72 bits per heavy atom. The Labute approximate surface area is 378 Å². The number of anilines is 2. The van der Waals surface area contributed by atoms with Crippen molar-refractivity contribution in [2.45, 2.75) is 87.5 Å². The van der Waals surface area contributed by atoms with Gasteiger partial charge in [-0.1, -0.05) is 79.4 Å². The minimum atomic E-state index is -1.70. The standard InChI is InChI=1S/C48H46Cl2FN7O6/c1-46(21-8-10-32(50)40(46)51)39-38(56-47(22-5-3-6-23-47)48(39)31-17-14-29(49)26-33(31)54-44(48)63)43(62)53-30-15-12-28(13-16-30)41(60)52-24-7-4-9-27-11-18-34-36(25-27)57(2)45(64)58(34)35-19-20-37(59)55-42(35)61/h8,10-18,21,25-26,35,38-40,56H,3,5-7,19-20,22-24H2,1-2H3,(H,52,60)(H,53,62)(H,54,63)(H,55,59,61)/t35?,38-,39-,40?,46?,48-/m1/s1. The molecule has 1 saturated carbocycles. The summed E-state index contributed by atoms with van der Waals surface area (Å²) in [6.07, 6.45) is 7.74. The molecule has 3 unspecified atom stereocenters. The van der Waals surface area contributed by atoms with Gasteiger partial charge >= 0.3 is 5.69 Å². The number of aryl methyl sites for hydroxylation is 1. The van der Waals surface area contributed by atoms with Gasteiger partial charge in [0.05, 0.1) is 22.1 Å². The van der Waals surface area contributed by atoms with Gasteiger partial charge < -0.3 is 16.0 Å². The molecule has 0 radical (unpaired) electrons. The number of alkyl halides is 1. The summed E-state index contributed by atoms with van der Waals surface area (Å²) in [6.45, 7) is 1.98. The van der Waals surface area contributed by atoms with Gasteiger partial charge in [-0.05, 0) is 85.5 Å². The highest BCUT2D eigenvalue weighted by molar-refractivity contribution is 6.31. The third-order valence-corrected chi connectivity index (χ3v) is 14.5. The average molecular weight is 907 g/mol. The molecule has 3 fully saturated rings. The Morgan fingerprint density at radius 3 is 2.47 bits per heavy atom. The number of piperidine rings is 1. The summed E-state index contributed by atoms with van der Waals surface area (Å²) >= 11 is 12.9. The fourth-order valence-corrected chi connectivity index (χ4v) is 11.5. The van der Waals surface area contributed by atoms with Crippen LogP contribution in [0.4, 0.5) is 15.8 Å². The van der Waals surface area contributed by atoms with Crippen molar-refractivity contribution in [2.75, 3.05) is 17.2 Å². The zero-order chi connectivity index (χ0) is 45.1. The molecule has 1 aromatic heterocycles. The number of nitrogens with one attached hydrogen (secondary N) is 5. The second-order valence-electron chi connectivity index (χ2n) is 17.6. The summed E-state index contributed by atoms with van der Waals surface area (Å²) in [5.74, 6) is 3.24. The molecule has 16 heteroatoms. The van der Waals surface area contributed by atoms with Gasteiger partial charge in [0, 0.05) is 70.8 Å². The largest absolute Gasteiger partial charge is 0.351 e. The molecule has 6 atom stereocenters. The molecule has 5 amide bonds. The Morgan fingerprint density at radius 1 is 0.953 bits per heavy atom. The van der Waals surface area contributed by atoms with Crippen LogP contribution in [-0.2, 0) is 31.6 Å². The van der Waals surface area contributed by atoms with E-state index in [2.05, 4.69) is 38.4 Å². The second-order valence-corrected chi connectivity index (χ2v) is 18.5. The predicted molar refractivity (Wildman–Crippen MR) is 242 cm³/mol. The molecule has 5 aliphatic rings. The van der Waals surface area contributed by atoms with Crippen LogP contribution in [0.15, 0.2) is 88.7 Å². The molecule has 330 valence electrons. The van der Waals surface area contributed by atoms with Gasteiger partial charge in [-0.2, -0.15) is 0 Å². The van der Waals surface area contributed by atoms with Crippen LogP contribution < -0.4 is 32.3 Å². The van der Waals surface area contributed by atoms with Crippen LogP contribution in [0.1, 0.15) is 85.8 Å². The molecule has 4 aromatic rings. The van der Waals surface area contributed by atoms with Crippen molar-refractivity contribution >= 4 is 75.1 Å². The Kier molecular flexibility index (Phi) is 11.2. The highest BCUT2D eigenvalue weighted by Gasteiger charge is 2.75. The van der Waals surface area contributed by atoms with E-state index in [1.54, 1.807) is 80.7 Å². The second kappa shape index (κ2) is 16.5. The number of hydrogen-bond donors (Lipinski definition) is 5. The first-order valence-corrected chi connectivity index (χ1v) is 22.2. The predicted octanol–water partition coefficient (Wildman–Crippen LogP) is 6.30. The first kappa shape index (κ1) is 43.3. The molecule has 64 heavy (non-hydrogen) atoms. The quantitative estimate of drug-likeness (QED) is 0.0823. The van der Waals surface area contributed by atoms with E-state index in [1.165, 1.54) is 15.2 Å².